The highest BCUT2D eigenvalue weighted by molar-refractivity contribution is 5.60. The van der Waals surface area contributed by atoms with Crippen molar-refractivity contribution in [3.05, 3.63) is 46.5 Å². The summed E-state index contributed by atoms with van der Waals surface area (Å²) in [7, 11) is 5.31. The van der Waals surface area contributed by atoms with Gasteiger partial charge in [0.15, 0.2) is 23.0 Å². The van der Waals surface area contributed by atoms with Crippen LogP contribution in [0.1, 0.15) is 28.3 Å². The Kier molecular flexibility index (Phi) is 3.58. The maximum Gasteiger partial charge on any atom is 0.231 e. The molecule has 2 aromatic carbocycles. The summed E-state index contributed by atoms with van der Waals surface area (Å²) in [6, 6.07) is 7.71. The molecule has 6 heteroatoms. The molecule has 0 saturated carbocycles. The van der Waals surface area contributed by atoms with Gasteiger partial charge < -0.3 is 24.1 Å². The van der Waals surface area contributed by atoms with E-state index in [1.54, 1.807) is 14.2 Å². The van der Waals surface area contributed by atoms with Crippen LogP contribution in [0.5, 0.6) is 23.0 Å². The van der Waals surface area contributed by atoms with E-state index in [0.717, 1.165) is 46.7 Å². The minimum Gasteiger partial charge on any atom is -0.493 e. The van der Waals surface area contributed by atoms with Gasteiger partial charge in [-0.2, -0.15) is 0 Å². The third-order valence-electron chi connectivity index (χ3n) is 6.10. The van der Waals surface area contributed by atoms with E-state index in [1.807, 2.05) is 24.3 Å². The summed E-state index contributed by atoms with van der Waals surface area (Å²) >= 11 is 0. The van der Waals surface area contributed by atoms with E-state index in [9.17, 15) is 5.11 Å². The van der Waals surface area contributed by atoms with Crippen LogP contribution in [0.2, 0.25) is 0 Å². The largest absolute Gasteiger partial charge is 0.493 e. The van der Waals surface area contributed by atoms with Crippen molar-refractivity contribution in [2.45, 2.75) is 24.5 Å². The fraction of sp³-hybridized carbons (Fsp3) is 0.429. The first-order chi connectivity index (χ1) is 13.1. The smallest absolute Gasteiger partial charge is 0.231 e. The van der Waals surface area contributed by atoms with E-state index in [2.05, 4.69) is 11.9 Å². The zero-order valence-electron chi connectivity index (χ0n) is 15.7. The molecule has 0 spiro atoms. The van der Waals surface area contributed by atoms with Crippen LogP contribution in [-0.4, -0.2) is 44.6 Å². The molecular formula is C21H23NO5. The first-order valence-electron chi connectivity index (χ1n) is 9.16. The van der Waals surface area contributed by atoms with Crippen LogP contribution < -0.4 is 18.9 Å². The van der Waals surface area contributed by atoms with Gasteiger partial charge in [-0.15, -0.1) is 0 Å². The lowest BCUT2D eigenvalue weighted by molar-refractivity contribution is -0.0310. The number of likely N-dealkylation sites (N-methyl/N-ethyl adjacent to an activating group) is 1. The number of hydrogen-bond acceptors (Lipinski definition) is 6. The molecule has 2 heterocycles. The van der Waals surface area contributed by atoms with Gasteiger partial charge in [-0.25, -0.2) is 0 Å². The van der Waals surface area contributed by atoms with Gasteiger partial charge >= 0.3 is 0 Å². The predicted molar refractivity (Wildman–Crippen MR) is 98.8 cm³/mol. The van der Waals surface area contributed by atoms with Crippen LogP contribution in [0.25, 0.3) is 0 Å². The monoisotopic (exact) mass is 369 g/mol. The van der Waals surface area contributed by atoms with Gasteiger partial charge in [0.25, 0.3) is 0 Å². The zero-order chi connectivity index (χ0) is 18.8. The summed E-state index contributed by atoms with van der Waals surface area (Å²) in [5.41, 5.74) is 3.06. The summed E-state index contributed by atoms with van der Waals surface area (Å²) in [6.45, 7) is 1.04. The molecule has 2 aliphatic heterocycles. The lowest BCUT2D eigenvalue weighted by atomic mass is 9.84. The van der Waals surface area contributed by atoms with Gasteiger partial charge in [0.05, 0.1) is 20.3 Å². The van der Waals surface area contributed by atoms with Gasteiger partial charge in [-0.1, -0.05) is 6.07 Å². The number of fused-ring (bicyclic) bond motifs is 7. The van der Waals surface area contributed by atoms with Crippen molar-refractivity contribution in [3.8, 4) is 23.0 Å². The first-order valence-corrected chi connectivity index (χ1v) is 9.16. The number of hydrogen-bond donors (Lipinski definition) is 1. The van der Waals surface area contributed by atoms with Gasteiger partial charge in [0.1, 0.15) is 5.60 Å². The van der Waals surface area contributed by atoms with E-state index in [4.69, 9.17) is 18.9 Å². The molecule has 0 fully saturated rings. The SMILES string of the molecule is COc1cc2c(cc1OC)[C@@]1(O)Cc3ccc4c(c3[C@H]1N(C)CC2)OCO4. The molecule has 1 N–H and O–H groups in total. The highest BCUT2D eigenvalue weighted by Crippen LogP contribution is 2.57. The van der Waals surface area contributed by atoms with Gasteiger partial charge in [0, 0.05) is 18.5 Å². The molecule has 3 aliphatic rings. The van der Waals surface area contributed by atoms with Crippen molar-refractivity contribution in [3.63, 3.8) is 0 Å². The molecule has 142 valence electrons. The number of methoxy groups -OCH3 is 2. The molecule has 2 aromatic rings. The molecule has 27 heavy (non-hydrogen) atoms. The summed E-state index contributed by atoms with van der Waals surface area (Å²) in [5, 5.41) is 12.0. The second kappa shape index (κ2) is 5.78. The molecule has 0 aromatic heterocycles. The Morgan fingerprint density at radius 2 is 1.89 bits per heavy atom. The Bertz CT molecular complexity index is 927. The minimum absolute atomic E-state index is 0.205. The van der Waals surface area contributed by atoms with Crippen molar-refractivity contribution < 1.29 is 24.1 Å². The highest BCUT2D eigenvalue weighted by Gasteiger charge is 2.52. The number of nitrogens with zero attached hydrogens (tertiary/aromatic N) is 1. The molecule has 0 radical (unpaired) electrons. The lowest BCUT2D eigenvalue weighted by Gasteiger charge is -2.35. The molecule has 0 bridgehead atoms. The van der Waals surface area contributed by atoms with Crippen LogP contribution in [0.15, 0.2) is 24.3 Å². The second-order valence-electron chi connectivity index (χ2n) is 7.47. The summed E-state index contributed by atoms with van der Waals surface area (Å²) in [5.74, 6) is 2.84. The van der Waals surface area contributed by atoms with Crippen molar-refractivity contribution in [1.82, 2.24) is 4.90 Å². The Hall–Kier alpha value is -2.44. The quantitative estimate of drug-likeness (QED) is 0.877. The van der Waals surface area contributed by atoms with Crippen molar-refractivity contribution in [2.24, 2.45) is 0 Å². The molecule has 2 atom stereocenters. The second-order valence-corrected chi connectivity index (χ2v) is 7.47. The minimum atomic E-state index is -1.07. The first kappa shape index (κ1) is 16.7. The number of aliphatic hydroxyl groups is 1. The Morgan fingerprint density at radius 3 is 2.67 bits per heavy atom. The average Bonchev–Trinajstić information content (AvgIpc) is 3.24. The van der Waals surface area contributed by atoms with E-state index in [-0.39, 0.29) is 12.8 Å². The normalized spacial score (nSPS) is 25.4. The van der Waals surface area contributed by atoms with Gasteiger partial charge in [-0.3, -0.25) is 4.90 Å². The molecule has 5 rings (SSSR count). The van der Waals surface area contributed by atoms with Crippen LogP contribution in [0, 0.1) is 0 Å². The number of ether oxygens (including phenoxy) is 4. The van der Waals surface area contributed by atoms with Crippen molar-refractivity contribution >= 4 is 0 Å². The topological polar surface area (TPSA) is 60.4 Å². The third-order valence-corrected chi connectivity index (χ3v) is 6.10. The van der Waals surface area contributed by atoms with Crippen molar-refractivity contribution in [1.29, 1.82) is 0 Å². The zero-order valence-corrected chi connectivity index (χ0v) is 15.7. The van der Waals surface area contributed by atoms with Crippen LogP contribution in [-0.2, 0) is 18.4 Å². The molecule has 1 aliphatic carbocycles. The standard InChI is InChI=1S/C21H23NO5/c1-22-7-6-12-8-16(24-2)17(25-3)9-14(12)21(23)10-13-4-5-15-19(27-11-26-15)18(13)20(21)22/h4-5,8-9,20,23H,6-7,10-11H2,1-3H3/t20-,21+/m1/s1. The predicted octanol–water partition coefficient (Wildman–Crippen LogP) is 2.41. The summed E-state index contributed by atoms with van der Waals surface area (Å²) < 4.78 is 22.4. The van der Waals surface area contributed by atoms with E-state index < -0.39 is 5.60 Å². The maximum absolute atomic E-state index is 12.0. The van der Waals surface area contributed by atoms with Crippen LogP contribution in [0.3, 0.4) is 0 Å². The van der Waals surface area contributed by atoms with E-state index >= 15 is 0 Å². The molecule has 0 amide bonds. The molecule has 0 saturated heterocycles. The van der Waals surface area contributed by atoms with Gasteiger partial charge in [-0.05, 0) is 48.4 Å². The van der Waals surface area contributed by atoms with E-state index in [0.29, 0.717) is 17.9 Å². The molecular weight excluding hydrogens is 346 g/mol. The third kappa shape index (κ3) is 2.20. The number of rotatable bonds is 2. The molecule has 0 unspecified atom stereocenters. The Labute approximate surface area is 158 Å². The van der Waals surface area contributed by atoms with E-state index in [1.165, 1.54) is 0 Å². The highest BCUT2D eigenvalue weighted by atomic mass is 16.7. The summed E-state index contributed by atoms with van der Waals surface area (Å²) in [4.78, 5) is 2.22. The van der Waals surface area contributed by atoms with Crippen LogP contribution >= 0.6 is 0 Å². The number of benzene rings is 2. The van der Waals surface area contributed by atoms with Crippen LogP contribution in [0.4, 0.5) is 0 Å². The Balaban J connectivity index is 1.73. The fourth-order valence-electron chi connectivity index (χ4n) is 4.90. The lowest BCUT2D eigenvalue weighted by Crippen LogP contribution is -2.39. The fourth-order valence-corrected chi connectivity index (χ4v) is 4.90. The average molecular weight is 369 g/mol. The summed E-state index contributed by atoms with van der Waals surface area (Å²) in [6.07, 6.45) is 1.35. The van der Waals surface area contributed by atoms with Gasteiger partial charge in [0.2, 0.25) is 6.79 Å². The maximum atomic E-state index is 12.0. The van der Waals surface area contributed by atoms with Crippen molar-refractivity contribution in [2.75, 3.05) is 34.6 Å². The Morgan fingerprint density at radius 1 is 1.11 bits per heavy atom. The molecule has 6 nitrogen and oxygen atoms in total.